The molecule has 0 unspecified atom stereocenters. The number of hydrogen-bond acceptors (Lipinski definition) is 10. The third-order valence-corrected chi connectivity index (χ3v) is 15.7. The molecule has 17 heteroatoms. The van der Waals surface area contributed by atoms with Gasteiger partial charge in [-0.2, -0.15) is 0 Å². The van der Waals surface area contributed by atoms with Crippen molar-refractivity contribution < 1.29 is 32.5 Å². The molecule has 0 saturated heterocycles. The van der Waals surface area contributed by atoms with E-state index in [-0.39, 0.29) is 27.0 Å². The Bertz CT molecular complexity index is 2400. The molecule has 2 amide bonds. The number of rotatable bonds is 9. The fraction of sp³-hybridized carbons (Fsp3) is 0.200. The number of primary sulfonamides is 1. The van der Waals surface area contributed by atoms with Crippen molar-refractivity contribution in [1.82, 2.24) is 15.5 Å². The van der Waals surface area contributed by atoms with Crippen LogP contribution in [0, 0.1) is 0 Å². The van der Waals surface area contributed by atoms with Crippen LogP contribution in [0.5, 0.6) is 0 Å². The van der Waals surface area contributed by atoms with E-state index in [4.69, 9.17) is 5.14 Å². The molecular weight excluding hydrogens is 739 g/mol. The van der Waals surface area contributed by atoms with Crippen LogP contribution in [0.3, 0.4) is 0 Å². The third kappa shape index (κ3) is 7.05. The van der Waals surface area contributed by atoms with Crippen LogP contribution in [-0.2, 0) is 16.6 Å². The summed E-state index contributed by atoms with van der Waals surface area (Å²) in [6.45, 7) is 4.75. The van der Waals surface area contributed by atoms with E-state index in [1.165, 1.54) is 10.4 Å². The maximum absolute atomic E-state index is 13.5. The SMILES string of the molecule is CN(C)c1ccc2c(c1)[Si](C)(C)C1=CC(=[N+](C)C)C=CC1=C2c1cc(C(=O)NCc2ccc(C(=O)Nc3nnc(S(N)(=O)=O)s3)cc2)sc1C(=O)O. The zero-order valence-corrected chi connectivity index (χ0v) is 32.6. The molecule has 0 radical (unpaired) electrons. The molecule has 52 heavy (non-hydrogen) atoms. The summed E-state index contributed by atoms with van der Waals surface area (Å²) in [5.41, 5.74) is 6.30. The number of sulfonamides is 1. The molecule has 1 aliphatic heterocycles. The molecule has 0 bridgehead atoms. The summed E-state index contributed by atoms with van der Waals surface area (Å²) in [4.78, 5) is 41.3. The van der Waals surface area contributed by atoms with Crippen LogP contribution in [0.1, 0.15) is 46.4 Å². The minimum atomic E-state index is -4.04. The molecule has 0 atom stereocenters. The van der Waals surface area contributed by atoms with Gasteiger partial charge in [0.15, 0.2) is 5.71 Å². The number of anilines is 2. The van der Waals surface area contributed by atoms with Gasteiger partial charge in [-0.25, -0.2) is 22.9 Å². The number of benzene rings is 2. The Morgan fingerprint density at radius 2 is 1.67 bits per heavy atom. The third-order valence-electron chi connectivity index (χ3n) is 8.88. The second-order valence-corrected chi connectivity index (χ2v) is 21.3. The Hall–Kier alpha value is -5.07. The first-order chi connectivity index (χ1) is 24.4. The maximum Gasteiger partial charge on any atom is 0.346 e. The molecule has 0 spiro atoms. The molecule has 6 rings (SSSR count). The lowest BCUT2D eigenvalue weighted by Gasteiger charge is -2.38. The number of carboxylic acids is 1. The predicted molar refractivity (Wildman–Crippen MR) is 206 cm³/mol. The number of carboxylic acid groups (broad SMARTS) is 1. The van der Waals surface area contributed by atoms with Gasteiger partial charge in [0.1, 0.15) is 27.0 Å². The Balaban J connectivity index is 1.28. The molecule has 0 fully saturated rings. The zero-order chi connectivity index (χ0) is 37.7. The molecule has 5 N–H and O–H groups in total. The van der Waals surface area contributed by atoms with Crippen LogP contribution in [-0.4, -0.2) is 88.1 Å². The van der Waals surface area contributed by atoms with E-state index in [1.807, 2.05) is 40.3 Å². The summed E-state index contributed by atoms with van der Waals surface area (Å²) in [6, 6.07) is 14.4. The lowest BCUT2D eigenvalue weighted by molar-refractivity contribution is -0.462. The van der Waals surface area contributed by atoms with Gasteiger partial charge in [-0.15, -0.1) is 21.5 Å². The van der Waals surface area contributed by atoms with E-state index in [2.05, 4.69) is 67.7 Å². The normalized spacial score (nSPS) is 14.7. The van der Waals surface area contributed by atoms with Crippen LogP contribution in [0.25, 0.3) is 5.57 Å². The van der Waals surface area contributed by atoms with Crippen molar-refractivity contribution in [2.24, 2.45) is 5.14 Å². The van der Waals surface area contributed by atoms with Crippen LogP contribution in [0.4, 0.5) is 10.8 Å². The number of nitrogens with two attached hydrogens (primary N) is 1. The molecule has 4 aromatic rings. The van der Waals surface area contributed by atoms with Crippen LogP contribution in [0.2, 0.25) is 13.1 Å². The fourth-order valence-corrected chi connectivity index (χ4v) is 11.4. The van der Waals surface area contributed by atoms with Crippen LogP contribution < -0.4 is 25.9 Å². The van der Waals surface area contributed by atoms with E-state index in [9.17, 15) is 27.9 Å². The number of carbonyl (C=O) groups is 3. The van der Waals surface area contributed by atoms with E-state index >= 15 is 0 Å². The van der Waals surface area contributed by atoms with Gasteiger partial charge in [0.25, 0.3) is 21.8 Å². The number of hydrogen-bond donors (Lipinski definition) is 4. The quantitative estimate of drug-likeness (QED) is 0.112. The van der Waals surface area contributed by atoms with Gasteiger partial charge in [0.2, 0.25) is 9.47 Å². The maximum atomic E-state index is 13.5. The van der Waals surface area contributed by atoms with E-state index in [0.717, 1.165) is 39.4 Å². The second kappa shape index (κ2) is 13.8. The van der Waals surface area contributed by atoms with Crippen molar-refractivity contribution >= 4 is 85.8 Å². The van der Waals surface area contributed by atoms with Crippen molar-refractivity contribution in [3.8, 4) is 0 Å². The van der Waals surface area contributed by atoms with Crippen molar-refractivity contribution in [3.63, 3.8) is 0 Å². The first-order valence-corrected chi connectivity index (χ1v) is 22.1. The van der Waals surface area contributed by atoms with E-state index < -0.39 is 40.2 Å². The highest BCUT2D eigenvalue weighted by molar-refractivity contribution is 7.91. The number of carbonyl (C=O) groups excluding carboxylic acids is 2. The molecule has 1 aliphatic carbocycles. The van der Waals surface area contributed by atoms with E-state index in [1.54, 1.807) is 30.3 Å². The van der Waals surface area contributed by atoms with Crippen molar-refractivity contribution in [2.75, 3.05) is 38.4 Å². The number of fused-ring (bicyclic) bond motifs is 2. The van der Waals surface area contributed by atoms with Gasteiger partial charge < -0.3 is 15.3 Å². The molecule has 2 aliphatic rings. The summed E-state index contributed by atoms with van der Waals surface area (Å²) in [5, 5.41) is 30.3. The average Bonchev–Trinajstić information content (AvgIpc) is 3.76. The number of amides is 2. The van der Waals surface area contributed by atoms with Crippen molar-refractivity contribution in [3.05, 3.63) is 110 Å². The number of nitrogens with zero attached hydrogens (tertiary/aromatic N) is 4. The topological polar surface area (TPSA) is 188 Å². The number of nitrogens with one attached hydrogen (secondary N) is 2. The molecule has 268 valence electrons. The van der Waals surface area contributed by atoms with Gasteiger partial charge in [-0.3, -0.25) is 14.9 Å². The summed E-state index contributed by atoms with van der Waals surface area (Å²) >= 11 is 1.57. The molecule has 13 nitrogen and oxygen atoms in total. The van der Waals surface area contributed by atoms with Crippen LogP contribution >= 0.6 is 22.7 Å². The number of thiophene rings is 1. The molecular formula is C35H36N7O6S3Si+. The number of allylic oxidation sites excluding steroid dienone is 5. The minimum Gasteiger partial charge on any atom is -0.477 e. The molecule has 2 aromatic carbocycles. The van der Waals surface area contributed by atoms with Crippen molar-refractivity contribution in [1.29, 1.82) is 0 Å². The minimum absolute atomic E-state index is 0.0257. The highest BCUT2D eigenvalue weighted by atomic mass is 32.2. The summed E-state index contributed by atoms with van der Waals surface area (Å²) in [7, 11) is 1.68. The zero-order valence-electron chi connectivity index (χ0n) is 29.1. The predicted octanol–water partition coefficient (Wildman–Crippen LogP) is 3.67. The Labute approximate surface area is 309 Å². The Morgan fingerprint density at radius 3 is 2.29 bits per heavy atom. The molecule has 0 saturated carbocycles. The van der Waals surface area contributed by atoms with Gasteiger partial charge in [-0.05, 0) is 69.1 Å². The Kier molecular flexibility index (Phi) is 9.75. The monoisotopic (exact) mass is 774 g/mol. The first kappa shape index (κ1) is 36.7. The highest BCUT2D eigenvalue weighted by Gasteiger charge is 2.41. The largest absolute Gasteiger partial charge is 0.477 e. The Morgan fingerprint density at radius 1 is 0.962 bits per heavy atom. The van der Waals surface area contributed by atoms with Gasteiger partial charge in [0, 0.05) is 49.6 Å². The van der Waals surface area contributed by atoms with Crippen LogP contribution in [0.15, 0.2) is 81.9 Å². The average molecular weight is 775 g/mol. The number of aromatic nitrogens is 2. The fourth-order valence-electron chi connectivity index (χ4n) is 6.11. The summed E-state index contributed by atoms with van der Waals surface area (Å²) in [5.74, 6) is -2.08. The van der Waals surface area contributed by atoms with Crippen molar-refractivity contribution in [2.45, 2.75) is 24.0 Å². The second-order valence-electron chi connectivity index (χ2n) is 13.2. The molecule has 3 heterocycles. The summed E-state index contributed by atoms with van der Waals surface area (Å²) in [6.07, 6.45) is 6.32. The highest BCUT2D eigenvalue weighted by Crippen LogP contribution is 2.44. The lowest BCUT2D eigenvalue weighted by atomic mass is 9.89. The van der Waals surface area contributed by atoms with Gasteiger partial charge >= 0.3 is 5.97 Å². The lowest BCUT2D eigenvalue weighted by Crippen LogP contribution is -2.49. The summed E-state index contributed by atoms with van der Waals surface area (Å²) < 4.78 is 24.5. The van der Waals surface area contributed by atoms with Gasteiger partial charge in [-0.1, -0.05) is 42.6 Å². The standard InChI is InChI=1S/C35H35N7O6S3Si/c1-41(2)21-11-13-23-27(15-21)52(5,6)28-16-22(42(3)4)12-14-24(28)29(23)25-17-26(49-30(25)33(45)46)32(44)37-18-19-7-9-20(10-8-19)31(43)38-34-39-40-35(50-34)51(36,47)48/h7-17H,18H2,1-6H3,(H4-,36,37,38,39,43,44,45,46,47,48)/p+1. The van der Waals surface area contributed by atoms with Gasteiger partial charge in [0.05, 0.1) is 4.88 Å². The van der Waals surface area contributed by atoms with E-state index in [0.29, 0.717) is 22.5 Å². The first-order valence-electron chi connectivity index (χ1n) is 15.9. The molecule has 2 aromatic heterocycles. The smallest absolute Gasteiger partial charge is 0.346 e. The number of aromatic carboxylic acids is 1.